The first-order chi connectivity index (χ1) is 7.61. The van der Waals surface area contributed by atoms with Crippen LogP contribution in [0.25, 0.3) is 0 Å². The number of carbonyl (C=O) groups excluding carboxylic acids is 1. The van der Waals surface area contributed by atoms with Gasteiger partial charge in [-0.15, -0.1) is 0 Å². The van der Waals surface area contributed by atoms with Crippen molar-refractivity contribution in [1.82, 2.24) is 4.90 Å². The highest BCUT2D eigenvalue weighted by molar-refractivity contribution is 5.73. The predicted molar refractivity (Wildman–Crippen MR) is 70.4 cm³/mol. The average molecular weight is 225 g/mol. The van der Waals surface area contributed by atoms with E-state index in [0.717, 1.165) is 19.5 Å². The molecule has 0 aromatic heterocycles. The smallest absolute Gasteiger partial charge is 0.219 e. The van der Waals surface area contributed by atoms with E-state index in [9.17, 15) is 4.79 Å². The van der Waals surface area contributed by atoms with E-state index in [1.54, 1.807) is 6.92 Å². The van der Waals surface area contributed by atoms with Crippen LogP contribution in [-0.2, 0) is 4.79 Å². The molecule has 0 aromatic carbocycles. The van der Waals surface area contributed by atoms with Crippen molar-refractivity contribution in [2.75, 3.05) is 13.1 Å². The van der Waals surface area contributed by atoms with Crippen LogP contribution in [0.2, 0.25) is 0 Å². The third-order valence-corrected chi connectivity index (χ3v) is 2.82. The summed E-state index contributed by atoms with van der Waals surface area (Å²) in [5.74, 6) is 0.168. The molecule has 0 saturated heterocycles. The van der Waals surface area contributed by atoms with Crippen molar-refractivity contribution in [3.05, 3.63) is 11.6 Å². The van der Waals surface area contributed by atoms with E-state index in [-0.39, 0.29) is 5.91 Å². The fraction of sp³-hybridized carbons (Fsp3) is 0.786. The number of hydrogen-bond donors (Lipinski definition) is 0. The van der Waals surface area contributed by atoms with Gasteiger partial charge in [0.1, 0.15) is 0 Å². The molecule has 1 amide bonds. The molecule has 0 radical (unpaired) electrons. The Morgan fingerprint density at radius 3 is 2.31 bits per heavy atom. The SMILES string of the molecule is CCCCCC/C=C(/C)CN(CC)C(C)=O. The van der Waals surface area contributed by atoms with Gasteiger partial charge in [0, 0.05) is 20.0 Å². The summed E-state index contributed by atoms with van der Waals surface area (Å²) in [6, 6.07) is 0. The minimum atomic E-state index is 0.168. The number of allylic oxidation sites excluding steroid dienone is 1. The number of carbonyl (C=O) groups is 1. The molecular formula is C14H27NO. The zero-order valence-electron chi connectivity index (χ0n) is 11.4. The second kappa shape index (κ2) is 9.44. The van der Waals surface area contributed by atoms with Crippen molar-refractivity contribution in [3.8, 4) is 0 Å². The molecule has 0 aliphatic carbocycles. The van der Waals surface area contributed by atoms with Gasteiger partial charge in [-0.05, 0) is 26.7 Å². The zero-order chi connectivity index (χ0) is 12.4. The minimum Gasteiger partial charge on any atom is -0.339 e. The quantitative estimate of drug-likeness (QED) is 0.455. The lowest BCUT2D eigenvalue weighted by atomic mass is 10.1. The Bertz CT molecular complexity index is 221. The molecule has 0 saturated carbocycles. The molecule has 2 heteroatoms. The van der Waals surface area contributed by atoms with Crippen LogP contribution < -0.4 is 0 Å². The van der Waals surface area contributed by atoms with Gasteiger partial charge in [-0.25, -0.2) is 0 Å². The third-order valence-electron chi connectivity index (χ3n) is 2.82. The first-order valence-corrected chi connectivity index (χ1v) is 6.52. The molecule has 16 heavy (non-hydrogen) atoms. The second-order valence-electron chi connectivity index (χ2n) is 4.43. The number of hydrogen-bond acceptors (Lipinski definition) is 1. The van der Waals surface area contributed by atoms with Gasteiger partial charge >= 0.3 is 0 Å². The summed E-state index contributed by atoms with van der Waals surface area (Å²) in [7, 11) is 0. The van der Waals surface area contributed by atoms with Gasteiger partial charge in [0.15, 0.2) is 0 Å². The van der Waals surface area contributed by atoms with Crippen LogP contribution in [0.15, 0.2) is 11.6 Å². The molecule has 2 nitrogen and oxygen atoms in total. The molecule has 0 aliphatic heterocycles. The molecule has 0 unspecified atom stereocenters. The predicted octanol–water partition coefficient (Wildman–Crippen LogP) is 3.77. The molecule has 0 N–H and O–H groups in total. The monoisotopic (exact) mass is 225 g/mol. The number of nitrogens with zero attached hydrogens (tertiary/aromatic N) is 1. The van der Waals surface area contributed by atoms with E-state index in [1.807, 2.05) is 11.8 Å². The summed E-state index contributed by atoms with van der Waals surface area (Å²) >= 11 is 0. The van der Waals surface area contributed by atoms with Crippen molar-refractivity contribution in [2.24, 2.45) is 0 Å². The number of likely N-dealkylation sites (N-methyl/N-ethyl adjacent to an activating group) is 1. The van der Waals surface area contributed by atoms with E-state index in [4.69, 9.17) is 0 Å². The molecule has 0 aliphatic rings. The van der Waals surface area contributed by atoms with Crippen LogP contribution in [0.3, 0.4) is 0 Å². The molecule has 0 spiro atoms. The molecular weight excluding hydrogens is 198 g/mol. The summed E-state index contributed by atoms with van der Waals surface area (Å²) in [5, 5.41) is 0. The van der Waals surface area contributed by atoms with Crippen LogP contribution in [0.4, 0.5) is 0 Å². The average Bonchev–Trinajstić information content (AvgIpc) is 2.25. The van der Waals surface area contributed by atoms with Crippen LogP contribution in [-0.4, -0.2) is 23.9 Å². The van der Waals surface area contributed by atoms with Crippen LogP contribution in [0, 0.1) is 0 Å². The normalized spacial score (nSPS) is 11.6. The van der Waals surface area contributed by atoms with Gasteiger partial charge in [0.25, 0.3) is 0 Å². The van der Waals surface area contributed by atoms with E-state index < -0.39 is 0 Å². The molecule has 0 rings (SSSR count). The Labute approximate surface area is 101 Å². The van der Waals surface area contributed by atoms with Gasteiger partial charge < -0.3 is 4.90 Å². The maximum Gasteiger partial charge on any atom is 0.219 e. The van der Waals surface area contributed by atoms with E-state index in [1.165, 1.54) is 31.3 Å². The lowest BCUT2D eigenvalue weighted by molar-refractivity contribution is -0.128. The molecule has 0 atom stereocenters. The number of amides is 1. The van der Waals surface area contributed by atoms with Crippen LogP contribution in [0.5, 0.6) is 0 Å². The fourth-order valence-electron chi connectivity index (χ4n) is 1.73. The third kappa shape index (κ3) is 7.49. The molecule has 0 fully saturated rings. The first kappa shape index (κ1) is 15.2. The van der Waals surface area contributed by atoms with Gasteiger partial charge in [0.05, 0.1) is 0 Å². The lowest BCUT2D eigenvalue weighted by Crippen LogP contribution is -2.29. The summed E-state index contributed by atoms with van der Waals surface area (Å²) in [6.07, 6.45) is 8.66. The summed E-state index contributed by atoms with van der Waals surface area (Å²) < 4.78 is 0. The highest BCUT2D eigenvalue weighted by atomic mass is 16.2. The van der Waals surface area contributed by atoms with Crippen molar-refractivity contribution < 1.29 is 4.79 Å². The Balaban J connectivity index is 3.80. The van der Waals surface area contributed by atoms with E-state index in [2.05, 4.69) is 19.9 Å². The second-order valence-corrected chi connectivity index (χ2v) is 4.43. The van der Waals surface area contributed by atoms with Crippen molar-refractivity contribution in [3.63, 3.8) is 0 Å². The van der Waals surface area contributed by atoms with E-state index in [0.29, 0.717) is 0 Å². The first-order valence-electron chi connectivity index (χ1n) is 6.52. The Morgan fingerprint density at radius 1 is 1.12 bits per heavy atom. The van der Waals surface area contributed by atoms with Crippen LogP contribution in [0.1, 0.15) is 59.8 Å². The van der Waals surface area contributed by atoms with Gasteiger partial charge in [-0.1, -0.05) is 37.8 Å². The Hall–Kier alpha value is -0.790. The highest BCUT2D eigenvalue weighted by Crippen LogP contribution is 2.06. The minimum absolute atomic E-state index is 0.168. The summed E-state index contributed by atoms with van der Waals surface area (Å²) in [5.41, 5.74) is 1.31. The number of rotatable bonds is 8. The molecule has 0 bridgehead atoms. The topological polar surface area (TPSA) is 20.3 Å². The van der Waals surface area contributed by atoms with Gasteiger partial charge in [-0.3, -0.25) is 4.79 Å². The summed E-state index contributed by atoms with van der Waals surface area (Å²) in [4.78, 5) is 13.1. The Kier molecular flexibility index (Phi) is 8.97. The zero-order valence-corrected chi connectivity index (χ0v) is 11.4. The van der Waals surface area contributed by atoms with Gasteiger partial charge in [-0.2, -0.15) is 0 Å². The maximum absolute atomic E-state index is 11.2. The largest absolute Gasteiger partial charge is 0.339 e. The Morgan fingerprint density at radius 2 is 1.81 bits per heavy atom. The maximum atomic E-state index is 11.2. The van der Waals surface area contributed by atoms with E-state index >= 15 is 0 Å². The lowest BCUT2D eigenvalue weighted by Gasteiger charge is -2.19. The van der Waals surface area contributed by atoms with Crippen LogP contribution >= 0.6 is 0 Å². The van der Waals surface area contributed by atoms with Crippen molar-refractivity contribution in [1.29, 1.82) is 0 Å². The number of unbranched alkanes of at least 4 members (excludes halogenated alkanes) is 4. The van der Waals surface area contributed by atoms with Gasteiger partial charge in [0.2, 0.25) is 5.91 Å². The molecule has 0 aromatic rings. The standard InChI is InChI=1S/C14H27NO/c1-5-7-8-9-10-11-13(3)12-15(6-2)14(4)16/h11H,5-10,12H2,1-4H3/b13-11-. The fourth-order valence-corrected chi connectivity index (χ4v) is 1.73. The highest BCUT2D eigenvalue weighted by Gasteiger charge is 2.05. The summed E-state index contributed by atoms with van der Waals surface area (Å²) in [6.45, 7) is 9.60. The molecule has 94 valence electrons. The van der Waals surface area contributed by atoms with Crippen molar-refractivity contribution >= 4 is 5.91 Å². The molecule has 0 heterocycles. The van der Waals surface area contributed by atoms with Crippen molar-refractivity contribution in [2.45, 2.75) is 59.8 Å².